The number of aliphatic hydroxyl groups is 1. The minimum absolute atomic E-state index is 0.0147. The fourth-order valence-corrected chi connectivity index (χ4v) is 12.9. The summed E-state index contributed by atoms with van der Waals surface area (Å²) in [5.74, 6) is 2.15. The van der Waals surface area contributed by atoms with Crippen molar-refractivity contribution >= 4 is 6.09 Å². The number of aliphatic hydroxyl groups excluding tert-OH is 1. The minimum atomic E-state index is -0.299. The molecule has 1 aliphatic heterocycles. The maximum absolute atomic E-state index is 12.2. The van der Waals surface area contributed by atoms with Gasteiger partial charge in [-0.3, -0.25) is 0 Å². The number of carbonyl (C=O) groups is 1. The lowest BCUT2D eigenvalue weighted by atomic mass is 9.36. The van der Waals surface area contributed by atoms with Gasteiger partial charge in [0, 0.05) is 30.8 Å². The van der Waals surface area contributed by atoms with Crippen molar-refractivity contribution in [1.29, 1.82) is 0 Å². The van der Waals surface area contributed by atoms with Crippen LogP contribution in [0.1, 0.15) is 79.1 Å². The molecule has 0 aromatic heterocycles. The number of hydrogen-bond acceptors (Lipinski definition) is 4. The van der Waals surface area contributed by atoms with Crippen LogP contribution in [0.5, 0.6) is 0 Å². The van der Waals surface area contributed by atoms with Gasteiger partial charge in [-0.1, -0.05) is 45.9 Å². The van der Waals surface area contributed by atoms with E-state index in [1.807, 2.05) is 0 Å². The van der Waals surface area contributed by atoms with E-state index < -0.39 is 0 Å². The van der Waals surface area contributed by atoms with Crippen LogP contribution in [0.2, 0.25) is 0 Å². The van der Waals surface area contributed by atoms with Gasteiger partial charge in [-0.15, -0.1) is 6.58 Å². The third-order valence-corrected chi connectivity index (χ3v) is 14.5. The van der Waals surface area contributed by atoms with Gasteiger partial charge in [-0.2, -0.15) is 0 Å². The van der Waals surface area contributed by atoms with E-state index in [4.69, 9.17) is 9.47 Å². The Bertz CT molecular complexity index is 1100. The largest absolute Gasteiger partial charge is 0.447 e. The number of carbonyl (C=O) groups excluding carboxylic acids is 1. The summed E-state index contributed by atoms with van der Waals surface area (Å²) in [6, 6.07) is 0. The monoisotopic (exact) mass is 523 g/mol. The molecule has 7 rings (SSSR count). The van der Waals surface area contributed by atoms with E-state index in [1.165, 1.54) is 43.4 Å². The quantitative estimate of drug-likeness (QED) is 0.446. The van der Waals surface area contributed by atoms with E-state index in [-0.39, 0.29) is 46.1 Å². The lowest BCUT2D eigenvalue weighted by molar-refractivity contribution is -0.187. The van der Waals surface area contributed by atoms with Crippen molar-refractivity contribution in [2.75, 3.05) is 20.7 Å². The van der Waals surface area contributed by atoms with Crippen LogP contribution in [-0.2, 0) is 9.47 Å². The molecule has 0 radical (unpaired) electrons. The fraction of sp³-hybridized carbons (Fsp3) is 0.848. The van der Waals surface area contributed by atoms with Crippen LogP contribution in [0.15, 0.2) is 24.8 Å². The highest BCUT2D eigenvalue weighted by molar-refractivity contribution is 5.66. The molecule has 1 saturated heterocycles. The topological polar surface area (TPSA) is 59.0 Å². The zero-order valence-corrected chi connectivity index (χ0v) is 24.5. The number of amides is 1. The smallest absolute Gasteiger partial charge is 0.409 e. The zero-order chi connectivity index (χ0) is 27.1. The predicted molar refractivity (Wildman–Crippen MR) is 147 cm³/mol. The summed E-state index contributed by atoms with van der Waals surface area (Å²) in [5.41, 5.74) is 1.06. The summed E-state index contributed by atoms with van der Waals surface area (Å²) in [4.78, 5) is 13.7. The first-order valence-electron chi connectivity index (χ1n) is 15.4. The summed E-state index contributed by atoms with van der Waals surface area (Å²) in [5, 5.41) is 11.0. The van der Waals surface area contributed by atoms with Crippen molar-refractivity contribution < 1.29 is 19.4 Å². The average molecular weight is 524 g/mol. The van der Waals surface area contributed by atoms with E-state index in [0.717, 1.165) is 12.8 Å². The van der Waals surface area contributed by atoms with Crippen molar-refractivity contribution in [3.63, 3.8) is 0 Å². The second kappa shape index (κ2) is 7.49. The first kappa shape index (κ1) is 25.6. The lowest BCUT2D eigenvalue weighted by Crippen LogP contribution is -2.62. The minimum Gasteiger partial charge on any atom is -0.447 e. The molecule has 12 atom stereocenters. The molecule has 5 nitrogen and oxygen atoms in total. The molecule has 38 heavy (non-hydrogen) atoms. The standard InChI is InChI=1S/C33H49NO4/c1-8-32-20(2)17-21(18-37-27(36)34(6)7)38-26(32)22-11-14-33(22)24-10-9-23-28(3,4)25(35)12-13-30(23)19-31(24,30)16-15-29(32,33)5/h8,11,14,20-26,35H,1,9-10,12-13,15-19H2,2-7H3. The number of rotatable bonds is 3. The predicted octanol–water partition coefficient (Wildman–Crippen LogP) is 6.22. The number of ether oxygens (including phenoxy) is 2. The first-order chi connectivity index (χ1) is 17.9. The third-order valence-electron chi connectivity index (χ3n) is 14.5. The molecule has 0 bridgehead atoms. The second-order valence-corrected chi connectivity index (χ2v) is 15.6. The van der Waals surface area contributed by atoms with Crippen LogP contribution < -0.4 is 0 Å². The van der Waals surface area contributed by atoms with Crippen molar-refractivity contribution in [2.45, 2.75) is 97.4 Å². The van der Waals surface area contributed by atoms with Crippen LogP contribution in [0, 0.1) is 56.2 Å². The molecule has 7 aliphatic rings. The van der Waals surface area contributed by atoms with Gasteiger partial charge in [-0.05, 0) is 90.8 Å². The molecule has 1 amide bonds. The molecule has 6 aliphatic carbocycles. The maximum Gasteiger partial charge on any atom is 0.409 e. The SMILES string of the molecule is C=CC12C(C)CC(COC(=O)N(C)C)OC1C1C=CC13C1CCC4C(C)(C)C(O)CCC45CC15CCC23C. The highest BCUT2D eigenvalue weighted by Gasteiger charge is 2.87. The lowest BCUT2D eigenvalue weighted by Gasteiger charge is -2.67. The van der Waals surface area contributed by atoms with Crippen molar-refractivity contribution in [1.82, 2.24) is 4.90 Å². The van der Waals surface area contributed by atoms with Crippen LogP contribution in [-0.4, -0.2) is 55.1 Å². The zero-order valence-electron chi connectivity index (χ0n) is 24.5. The Labute approximate surface area is 229 Å². The molecule has 1 N–H and O–H groups in total. The molecule has 6 fully saturated rings. The number of hydrogen-bond donors (Lipinski definition) is 1. The van der Waals surface area contributed by atoms with E-state index in [0.29, 0.717) is 41.1 Å². The second-order valence-electron chi connectivity index (χ2n) is 15.6. The average Bonchev–Trinajstić information content (AvgIpc) is 3.49. The molecule has 210 valence electrons. The van der Waals surface area contributed by atoms with Gasteiger partial charge in [-0.25, -0.2) is 4.79 Å². The molecule has 5 heteroatoms. The molecule has 5 saturated carbocycles. The number of allylic oxidation sites excluding steroid dienone is 1. The van der Waals surface area contributed by atoms with Gasteiger partial charge >= 0.3 is 6.09 Å². The van der Waals surface area contributed by atoms with E-state index >= 15 is 0 Å². The molecular weight excluding hydrogens is 474 g/mol. The van der Waals surface area contributed by atoms with Crippen molar-refractivity contribution in [2.24, 2.45) is 56.2 Å². The van der Waals surface area contributed by atoms with Gasteiger partial charge in [0.15, 0.2) is 0 Å². The van der Waals surface area contributed by atoms with Gasteiger partial charge in [0.1, 0.15) is 6.61 Å². The van der Waals surface area contributed by atoms with E-state index in [2.05, 4.69) is 52.5 Å². The maximum atomic E-state index is 12.2. The first-order valence-corrected chi connectivity index (χ1v) is 15.4. The van der Waals surface area contributed by atoms with Crippen LogP contribution >= 0.6 is 0 Å². The molecule has 0 aromatic carbocycles. The van der Waals surface area contributed by atoms with E-state index in [9.17, 15) is 9.90 Å². The summed E-state index contributed by atoms with van der Waals surface area (Å²) in [6.45, 7) is 14.5. The van der Waals surface area contributed by atoms with Crippen molar-refractivity contribution in [3.8, 4) is 0 Å². The normalized spacial score (nSPS) is 56.6. The van der Waals surface area contributed by atoms with Crippen molar-refractivity contribution in [3.05, 3.63) is 24.8 Å². The number of nitrogens with zero attached hydrogens (tertiary/aromatic N) is 1. The third kappa shape index (κ3) is 2.49. The molecule has 3 spiro atoms. The Morgan fingerprint density at radius 1 is 1.13 bits per heavy atom. The molecular formula is C33H49NO4. The molecule has 12 unspecified atom stereocenters. The van der Waals surface area contributed by atoms with Gasteiger partial charge in [0.05, 0.1) is 18.3 Å². The highest BCUT2D eigenvalue weighted by Crippen LogP contribution is 2.92. The summed E-state index contributed by atoms with van der Waals surface area (Å²) in [6.07, 6.45) is 16.5. The Hall–Kier alpha value is -1.33. The van der Waals surface area contributed by atoms with Crippen LogP contribution in [0.4, 0.5) is 4.79 Å². The Balaban J connectivity index is 1.25. The Morgan fingerprint density at radius 3 is 2.50 bits per heavy atom. The van der Waals surface area contributed by atoms with Crippen LogP contribution in [0.25, 0.3) is 0 Å². The summed E-state index contributed by atoms with van der Waals surface area (Å²) in [7, 11) is 3.45. The highest BCUT2D eigenvalue weighted by atomic mass is 16.6. The fourth-order valence-electron chi connectivity index (χ4n) is 12.9. The number of fused-ring (bicyclic) bond motifs is 3. The van der Waals surface area contributed by atoms with Gasteiger partial charge < -0.3 is 19.5 Å². The molecule has 1 heterocycles. The molecule has 0 aromatic rings. The van der Waals surface area contributed by atoms with E-state index in [1.54, 1.807) is 14.1 Å². The Morgan fingerprint density at radius 2 is 1.84 bits per heavy atom. The Kier molecular flexibility index (Phi) is 5.05. The van der Waals surface area contributed by atoms with Gasteiger partial charge in [0.2, 0.25) is 0 Å². The summed E-state index contributed by atoms with van der Waals surface area (Å²) >= 11 is 0. The van der Waals surface area contributed by atoms with Crippen LogP contribution in [0.3, 0.4) is 0 Å². The van der Waals surface area contributed by atoms with Gasteiger partial charge in [0.25, 0.3) is 0 Å². The summed E-state index contributed by atoms with van der Waals surface area (Å²) < 4.78 is 12.6.